The van der Waals surface area contributed by atoms with Crippen LogP contribution >= 0.6 is 0 Å². The van der Waals surface area contributed by atoms with Gasteiger partial charge in [-0.05, 0) is 31.4 Å². The summed E-state index contributed by atoms with van der Waals surface area (Å²) in [6.07, 6.45) is 4.74. The highest BCUT2D eigenvalue weighted by Crippen LogP contribution is 2.21. The second kappa shape index (κ2) is 7.56. The molecule has 1 atom stereocenters. The van der Waals surface area contributed by atoms with Crippen molar-refractivity contribution in [3.63, 3.8) is 0 Å². The Hall–Kier alpha value is -2.89. The Balaban J connectivity index is 1.75. The molecule has 0 spiro atoms. The Morgan fingerprint density at radius 3 is 2.50 bits per heavy atom. The van der Waals surface area contributed by atoms with Gasteiger partial charge in [-0.1, -0.05) is 30.3 Å². The molecule has 1 amide bonds. The highest BCUT2D eigenvalue weighted by molar-refractivity contribution is 5.77. The molecule has 0 aliphatic rings. The van der Waals surface area contributed by atoms with Gasteiger partial charge >= 0.3 is 0 Å². The lowest BCUT2D eigenvalue weighted by Crippen LogP contribution is -2.31. The predicted octanol–water partition coefficient (Wildman–Crippen LogP) is 2.61. The van der Waals surface area contributed by atoms with Gasteiger partial charge in [-0.3, -0.25) is 9.48 Å². The maximum atomic E-state index is 12.7. The number of hydrogen-bond donors (Lipinski definition) is 1. The molecule has 3 aromatic rings. The van der Waals surface area contributed by atoms with Gasteiger partial charge in [0.05, 0.1) is 5.69 Å². The lowest BCUT2D eigenvalue weighted by Gasteiger charge is -2.19. The van der Waals surface area contributed by atoms with Gasteiger partial charge in [0.1, 0.15) is 11.9 Å². The number of rotatable bonds is 6. The summed E-state index contributed by atoms with van der Waals surface area (Å²) in [5, 5.41) is 7.56. The summed E-state index contributed by atoms with van der Waals surface area (Å²) in [5.74, 6) is 0.822. The van der Waals surface area contributed by atoms with Gasteiger partial charge in [0.25, 0.3) is 0 Å². The monoisotopic (exact) mass is 351 g/mol. The van der Waals surface area contributed by atoms with E-state index in [9.17, 15) is 4.79 Å². The number of amides is 1. The lowest BCUT2D eigenvalue weighted by molar-refractivity contribution is -0.121. The predicted molar refractivity (Wildman–Crippen MR) is 101 cm³/mol. The van der Waals surface area contributed by atoms with Crippen molar-refractivity contribution < 1.29 is 4.79 Å². The number of carbonyl (C=O) groups is 1. The molecule has 0 aliphatic heterocycles. The van der Waals surface area contributed by atoms with Gasteiger partial charge in [0.15, 0.2) is 0 Å². The van der Waals surface area contributed by atoms with Crippen molar-refractivity contribution in [2.24, 2.45) is 14.1 Å². The van der Waals surface area contributed by atoms with Crippen molar-refractivity contribution in [3.05, 3.63) is 71.1 Å². The first-order valence-electron chi connectivity index (χ1n) is 8.78. The van der Waals surface area contributed by atoms with Crippen LogP contribution in [0.2, 0.25) is 0 Å². The number of imidazole rings is 1. The molecule has 3 rings (SSSR count). The molecule has 6 nitrogen and oxygen atoms in total. The standard InChI is InChI=1S/C20H25N5O/c1-14-17(15(2)25(4)23-14)10-11-18(26)22-19(16-8-6-5-7-9-16)20-21-12-13-24(20)3/h5-9,12-13,19H,10-11H2,1-4H3,(H,22,26). The summed E-state index contributed by atoms with van der Waals surface area (Å²) in [6.45, 7) is 4.02. The first kappa shape index (κ1) is 17.9. The molecule has 0 aliphatic carbocycles. The van der Waals surface area contributed by atoms with E-state index in [0.717, 1.165) is 28.3 Å². The van der Waals surface area contributed by atoms with E-state index < -0.39 is 0 Å². The van der Waals surface area contributed by atoms with Crippen LogP contribution in [0.15, 0.2) is 42.7 Å². The summed E-state index contributed by atoms with van der Waals surface area (Å²) in [4.78, 5) is 17.1. The Morgan fingerprint density at radius 1 is 1.19 bits per heavy atom. The SMILES string of the molecule is Cc1nn(C)c(C)c1CCC(=O)NC(c1ccccc1)c1nccn1C. The van der Waals surface area contributed by atoms with Crippen molar-refractivity contribution in [3.8, 4) is 0 Å². The fraction of sp³-hybridized carbons (Fsp3) is 0.350. The van der Waals surface area contributed by atoms with E-state index in [1.807, 2.05) is 73.7 Å². The van der Waals surface area contributed by atoms with Gasteiger partial charge in [-0.2, -0.15) is 5.10 Å². The highest BCUT2D eigenvalue weighted by Gasteiger charge is 2.21. The molecule has 0 saturated carbocycles. The van der Waals surface area contributed by atoms with E-state index in [1.54, 1.807) is 6.20 Å². The number of carbonyl (C=O) groups excluding carboxylic acids is 1. The topological polar surface area (TPSA) is 64.7 Å². The Kier molecular flexibility index (Phi) is 5.21. The summed E-state index contributed by atoms with van der Waals surface area (Å²) >= 11 is 0. The molecule has 0 radical (unpaired) electrons. The number of nitrogens with one attached hydrogen (secondary N) is 1. The molecule has 0 bridgehead atoms. The van der Waals surface area contributed by atoms with Crippen LogP contribution in [0.25, 0.3) is 0 Å². The summed E-state index contributed by atoms with van der Waals surface area (Å²) in [6, 6.07) is 9.66. The molecule has 136 valence electrons. The molecule has 1 unspecified atom stereocenters. The second-order valence-corrected chi connectivity index (χ2v) is 6.58. The Bertz CT molecular complexity index is 894. The minimum absolute atomic E-state index is 0.00417. The van der Waals surface area contributed by atoms with Crippen LogP contribution in [0.4, 0.5) is 0 Å². The van der Waals surface area contributed by atoms with Gasteiger partial charge in [-0.25, -0.2) is 4.98 Å². The maximum Gasteiger partial charge on any atom is 0.221 e. The largest absolute Gasteiger partial charge is 0.342 e. The van der Waals surface area contributed by atoms with E-state index in [4.69, 9.17) is 0 Å². The first-order chi connectivity index (χ1) is 12.5. The number of hydrogen-bond acceptors (Lipinski definition) is 3. The normalized spacial score (nSPS) is 12.2. The van der Waals surface area contributed by atoms with Crippen LogP contribution in [0.1, 0.15) is 40.8 Å². The van der Waals surface area contributed by atoms with Crippen LogP contribution in [0.5, 0.6) is 0 Å². The van der Waals surface area contributed by atoms with E-state index >= 15 is 0 Å². The number of aromatic nitrogens is 4. The van der Waals surface area contributed by atoms with Gasteiger partial charge < -0.3 is 9.88 Å². The molecular formula is C20H25N5O. The van der Waals surface area contributed by atoms with Crippen molar-refractivity contribution in [1.29, 1.82) is 0 Å². The van der Waals surface area contributed by atoms with Crippen LogP contribution < -0.4 is 5.32 Å². The van der Waals surface area contributed by atoms with Crippen LogP contribution in [-0.4, -0.2) is 25.2 Å². The summed E-state index contributed by atoms with van der Waals surface area (Å²) < 4.78 is 3.80. The van der Waals surface area contributed by atoms with Crippen molar-refractivity contribution in [2.75, 3.05) is 0 Å². The number of aryl methyl sites for hydroxylation is 3. The van der Waals surface area contributed by atoms with Crippen LogP contribution in [0, 0.1) is 13.8 Å². The minimum Gasteiger partial charge on any atom is -0.342 e. The zero-order chi connectivity index (χ0) is 18.7. The average molecular weight is 351 g/mol. The smallest absolute Gasteiger partial charge is 0.221 e. The van der Waals surface area contributed by atoms with Crippen LogP contribution in [-0.2, 0) is 25.3 Å². The molecule has 1 aromatic carbocycles. The van der Waals surface area contributed by atoms with Gasteiger partial charge in [-0.15, -0.1) is 0 Å². The Labute approximate surface area is 153 Å². The minimum atomic E-state index is -0.264. The van der Waals surface area contributed by atoms with E-state index in [2.05, 4.69) is 15.4 Å². The number of benzene rings is 1. The van der Waals surface area contributed by atoms with Gasteiger partial charge in [0, 0.05) is 38.6 Å². The molecule has 2 heterocycles. The highest BCUT2D eigenvalue weighted by atomic mass is 16.1. The summed E-state index contributed by atoms with van der Waals surface area (Å²) in [5.41, 5.74) is 4.26. The second-order valence-electron chi connectivity index (χ2n) is 6.58. The van der Waals surface area contributed by atoms with Crippen molar-refractivity contribution in [1.82, 2.24) is 24.6 Å². The Morgan fingerprint density at radius 2 is 1.92 bits per heavy atom. The molecule has 0 saturated heterocycles. The third-order valence-electron chi connectivity index (χ3n) is 4.82. The third-order valence-corrected chi connectivity index (χ3v) is 4.82. The number of nitrogens with zero attached hydrogens (tertiary/aromatic N) is 4. The third kappa shape index (κ3) is 3.69. The molecule has 6 heteroatoms. The zero-order valence-electron chi connectivity index (χ0n) is 15.7. The van der Waals surface area contributed by atoms with Crippen LogP contribution in [0.3, 0.4) is 0 Å². The fourth-order valence-electron chi connectivity index (χ4n) is 3.25. The van der Waals surface area contributed by atoms with Crippen molar-refractivity contribution >= 4 is 5.91 Å². The molecule has 1 N–H and O–H groups in total. The van der Waals surface area contributed by atoms with E-state index in [-0.39, 0.29) is 11.9 Å². The summed E-state index contributed by atoms with van der Waals surface area (Å²) in [7, 11) is 3.87. The molecule has 0 fully saturated rings. The fourth-order valence-corrected chi connectivity index (χ4v) is 3.25. The quantitative estimate of drug-likeness (QED) is 0.742. The van der Waals surface area contributed by atoms with E-state index in [0.29, 0.717) is 12.8 Å². The van der Waals surface area contributed by atoms with E-state index in [1.165, 1.54) is 0 Å². The van der Waals surface area contributed by atoms with Crippen molar-refractivity contribution in [2.45, 2.75) is 32.7 Å². The van der Waals surface area contributed by atoms with Gasteiger partial charge in [0.2, 0.25) is 5.91 Å². The zero-order valence-corrected chi connectivity index (χ0v) is 15.7. The average Bonchev–Trinajstić information content (AvgIpc) is 3.15. The lowest BCUT2D eigenvalue weighted by atomic mass is 10.0. The molecular weight excluding hydrogens is 326 g/mol. The molecule has 2 aromatic heterocycles. The first-order valence-corrected chi connectivity index (χ1v) is 8.78. The maximum absolute atomic E-state index is 12.7. The molecule has 26 heavy (non-hydrogen) atoms.